The van der Waals surface area contributed by atoms with Gasteiger partial charge >= 0.3 is 0 Å². The molecule has 3 nitrogen and oxygen atoms in total. The molecule has 4 heteroatoms. The third-order valence-electron chi connectivity index (χ3n) is 1.61. The van der Waals surface area contributed by atoms with Gasteiger partial charge in [0.2, 0.25) is 5.88 Å². The summed E-state index contributed by atoms with van der Waals surface area (Å²) in [5.41, 5.74) is 0. The van der Waals surface area contributed by atoms with E-state index in [0.717, 1.165) is 10.1 Å². The number of rotatable bonds is 1. The standard InChI is InChI=1S/C8H7NO2S/c1-11-8-6-4-5(10)2-3-7(6)12-9-8/h2-4,10H,1H3. The maximum atomic E-state index is 9.19. The van der Waals surface area contributed by atoms with Gasteiger partial charge in [0.25, 0.3) is 0 Å². The summed E-state index contributed by atoms with van der Waals surface area (Å²) in [4.78, 5) is 0. The smallest absolute Gasteiger partial charge is 0.233 e. The van der Waals surface area contributed by atoms with Crippen LogP contribution in [0.4, 0.5) is 0 Å². The Morgan fingerprint density at radius 2 is 2.33 bits per heavy atom. The third-order valence-corrected chi connectivity index (χ3v) is 2.42. The Morgan fingerprint density at radius 3 is 3.08 bits per heavy atom. The van der Waals surface area contributed by atoms with Crippen LogP contribution in [0.2, 0.25) is 0 Å². The summed E-state index contributed by atoms with van der Waals surface area (Å²) in [6.45, 7) is 0. The Hall–Kier alpha value is -1.29. The van der Waals surface area contributed by atoms with Gasteiger partial charge in [0.15, 0.2) is 0 Å². The maximum absolute atomic E-state index is 9.19. The summed E-state index contributed by atoms with van der Waals surface area (Å²) in [5, 5.41) is 10.1. The summed E-state index contributed by atoms with van der Waals surface area (Å²) in [6, 6.07) is 5.11. The van der Waals surface area contributed by atoms with Crippen molar-refractivity contribution in [3.05, 3.63) is 18.2 Å². The molecule has 0 aliphatic rings. The number of nitrogens with zero attached hydrogens (tertiary/aromatic N) is 1. The Balaban J connectivity index is 2.75. The zero-order chi connectivity index (χ0) is 8.55. The molecule has 1 aromatic carbocycles. The van der Waals surface area contributed by atoms with Crippen molar-refractivity contribution < 1.29 is 9.84 Å². The molecule has 1 heterocycles. The zero-order valence-corrected chi connectivity index (χ0v) is 7.26. The zero-order valence-electron chi connectivity index (χ0n) is 6.44. The molecule has 0 unspecified atom stereocenters. The molecule has 0 fully saturated rings. The first kappa shape index (κ1) is 7.36. The minimum Gasteiger partial charge on any atom is -0.508 e. The molecule has 12 heavy (non-hydrogen) atoms. The lowest BCUT2D eigenvalue weighted by atomic mass is 10.2. The number of benzene rings is 1. The second kappa shape index (κ2) is 2.64. The van der Waals surface area contributed by atoms with Gasteiger partial charge in [0, 0.05) is 0 Å². The number of fused-ring (bicyclic) bond motifs is 1. The summed E-state index contributed by atoms with van der Waals surface area (Å²) >= 11 is 1.36. The molecule has 0 aliphatic carbocycles. The highest BCUT2D eigenvalue weighted by molar-refractivity contribution is 7.13. The van der Waals surface area contributed by atoms with Gasteiger partial charge in [-0.15, -0.1) is 0 Å². The van der Waals surface area contributed by atoms with Gasteiger partial charge in [0.05, 0.1) is 17.2 Å². The average molecular weight is 181 g/mol. The topological polar surface area (TPSA) is 42.4 Å². The molecule has 0 saturated heterocycles. The van der Waals surface area contributed by atoms with Crippen LogP contribution in [0.5, 0.6) is 11.6 Å². The van der Waals surface area contributed by atoms with Gasteiger partial charge in [-0.3, -0.25) is 0 Å². The van der Waals surface area contributed by atoms with Crippen LogP contribution in [0, 0.1) is 0 Å². The molecule has 1 N–H and O–H groups in total. The van der Waals surface area contributed by atoms with E-state index >= 15 is 0 Å². The summed E-state index contributed by atoms with van der Waals surface area (Å²) < 4.78 is 10.1. The first-order chi connectivity index (χ1) is 5.81. The molecule has 1 aromatic heterocycles. The van der Waals surface area contributed by atoms with Crippen LogP contribution in [0.15, 0.2) is 18.2 Å². The molecule has 2 aromatic rings. The summed E-state index contributed by atoms with van der Waals surface area (Å²) in [6.07, 6.45) is 0. The predicted molar refractivity (Wildman–Crippen MR) is 47.8 cm³/mol. The highest BCUT2D eigenvalue weighted by atomic mass is 32.1. The predicted octanol–water partition coefficient (Wildman–Crippen LogP) is 2.01. The van der Waals surface area contributed by atoms with Crippen molar-refractivity contribution >= 4 is 21.6 Å². The number of hydrogen-bond donors (Lipinski definition) is 1. The molecule has 0 spiro atoms. The van der Waals surface area contributed by atoms with Crippen molar-refractivity contribution in [3.63, 3.8) is 0 Å². The van der Waals surface area contributed by atoms with E-state index in [4.69, 9.17) is 4.74 Å². The van der Waals surface area contributed by atoms with E-state index in [1.165, 1.54) is 11.5 Å². The fourth-order valence-electron chi connectivity index (χ4n) is 1.05. The average Bonchev–Trinajstić information content (AvgIpc) is 2.46. The number of phenols is 1. The van der Waals surface area contributed by atoms with E-state index in [0.29, 0.717) is 5.88 Å². The first-order valence-corrected chi connectivity index (χ1v) is 4.21. The van der Waals surface area contributed by atoms with E-state index in [-0.39, 0.29) is 5.75 Å². The van der Waals surface area contributed by atoms with Gasteiger partial charge in [-0.25, -0.2) is 0 Å². The Morgan fingerprint density at radius 1 is 1.50 bits per heavy atom. The monoisotopic (exact) mass is 181 g/mol. The maximum Gasteiger partial charge on any atom is 0.233 e. The van der Waals surface area contributed by atoms with E-state index < -0.39 is 0 Å². The van der Waals surface area contributed by atoms with Crippen molar-refractivity contribution in [1.29, 1.82) is 0 Å². The number of aromatic nitrogens is 1. The van der Waals surface area contributed by atoms with Crippen molar-refractivity contribution in [2.45, 2.75) is 0 Å². The Labute approximate surface area is 73.4 Å². The molecule has 2 rings (SSSR count). The highest BCUT2D eigenvalue weighted by Gasteiger charge is 2.05. The molecular weight excluding hydrogens is 174 g/mol. The molecule has 0 amide bonds. The number of ether oxygens (including phenoxy) is 1. The molecule has 0 aliphatic heterocycles. The molecule has 0 saturated carbocycles. The highest BCUT2D eigenvalue weighted by Crippen LogP contribution is 2.30. The quantitative estimate of drug-likeness (QED) is 0.731. The molecule has 0 radical (unpaired) electrons. The fraction of sp³-hybridized carbons (Fsp3) is 0.125. The van der Waals surface area contributed by atoms with Gasteiger partial charge in [-0.05, 0) is 29.7 Å². The third kappa shape index (κ3) is 1.00. The summed E-state index contributed by atoms with van der Waals surface area (Å²) in [5.74, 6) is 0.812. The van der Waals surface area contributed by atoms with Crippen molar-refractivity contribution in [1.82, 2.24) is 4.37 Å². The molecule has 62 valence electrons. The van der Waals surface area contributed by atoms with Gasteiger partial charge in [-0.1, -0.05) is 0 Å². The van der Waals surface area contributed by atoms with Crippen LogP contribution in [0.1, 0.15) is 0 Å². The fourth-order valence-corrected chi connectivity index (χ4v) is 1.78. The van der Waals surface area contributed by atoms with Crippen LogP contribution >= 0.6 is 11.5 Å². The Kier molecular flexibility index (Phi) is 1.62. The van der Waals surface area contributed by atoms with E-state index in [9.17, 15) is 5.11 Å². The minimum absolute atomic E-state index is 0.237. The number of hydrogen-bond acceptors (Lipinski definition) is 4. The lowest BCUT2D eigenvalue weighted by Gasteiger charge is -1.94. The van der Waals surface area contributed by atoms with Crippen LogP contribution in [0.3, 0.4) is 0 Å². The Bertz CT molecular complexity index is 410. The lowest BCUT2D eigenvalue weighted by molar-refractivity contribution is 0.407. The summed E-state index contributed by atoms with van der Waals surface area (Å²) in [7, 11) is 1.57. The van der Waals surface area contributed by atoms with Crippen molar-refractivity contribution in [2.24, 2.45) is 0 Å². The van der Waals surface area contributed by atoms with E-state index in [1.807, 2.05) is 6.07 Å². The number of aromatic hydroxyl groups is 1. The van der Waals surface area contributed by atoms with Crippen LogP contribution < -0.4 is 4.74 Å². The van der Waals surface area contributed by atoms with E-state index in [2.05, 4.69) is 4.37 Å². The minimum atomic E-state index is 0.237. The first-order valence-electron chi connectivity index (χ1n) is 3.43. The lowest BCUT2D eigenvalue weighted by Crippen LogP contribution is -1.80. The number of methoxy groups -OCH3 is 1. The normalized spacial score (nSPS) is 10.4. The molecular formula is C8H7NO2S. The van der Waals surface area contributed by atoms with Gasteiger partial charge in [0.1, 0.15) is 5.75 Å². The van der Waals surface area contributed by atoms with Crippen LogP contribution in [0.25, 0.3) is 10.1 Å². The second-order valence-electron chi connectivity index (χ2n) is 2.37. The SMILES string of the molecule is COc1nsc2ccc(O)cc12. The van der Waals surface area contributed by atoms with Crippen LogP contribution in [-0.2, 0) is 0 Å². The molecule has 0 bridgehead atoms. The van der Waals surface area contributed by atoms with E-state index in [1.54, 1.807) is 19.2 Å². The second-order valence-corrected chi connectivity index (χ2v) is 3.18. The molecule has 0 atom stereocenters. The van der Waals surface area contributed by atoms with Crippen molar-refractivity contribution in [3.8, 4) is 11.6 Å². The van der Waals surface area contributed by atoms with Crippen molar-refractivity contribution in [2.75, 3.05) is 7.11 Å². The van der Waals surface area contributed by atoms with Gasteiger partial charge in [-0.2, -0.15) is 4.37 Å². The van der Waals surface area contributed by atoms with Gasteiger partial charge < -0.3 is 9.84 Å². The number of phenolic OH excluding ortho intramolecular Hbond substituents is 1. The van der Waals surface area contributed by atoms with Crippen LogP contribution in [-0.4, -0.2) is 16.6 Å². The largest absolute Gasteiger partial charge is 0.508 e.